The van der Waals surface area contributed by atoms with Crippen molar-refractivity contribution in [1.29, 1.82) is 0 Å². The Kier molecular flexibility index (Phi) is 5.87. The fourth-order valence-corrected chi connectivity index (χ4v) is 2.40. The summed E-state index contributed by atoms with van der Waals surface area (Å²) in [6.07, 6.45) is 0. The molecule has 0 heterocycles. The maximum absolute atomic E-state index is 12.2. The lowest BCUT2D eigenvalue weighted by Crippen LogP contribution is -2.28. The SMILES string of the molecule is CC(C)(C)OC(=O)c1cc(N=Nc2ccccc2C(C)(C)C(=O)O)ccc1O. The van der Waals surface area contributed by atoms with E-state index in [0.717, 1.165) is 0 Å². The zero-order chi connectivity index (χ0) is 21.1. The van der Waals surface area contributed by atoms with Crippen LogP contribution in [-0.4, -0.2) is 27.8 Å². The van der Waals surface area contributed by atoms with E-state index in [4.69, 9.17) is 4.74 Å². The van der Waals surface area contributed by atoms with Crippen molar-refractivity contribution < 1.29 is 24.5 Å². The van der Waals surface area contributed by atoms with Gasteiger partial charge in [-0.15, -0.1) is 0 Å². The molecule has 0 unspecified atom stereocenters. The van der Waals surface area contributed by atoms with E-state index in [1.807, 2.05) is 0 Å². The number of ether oxygens (including phenoxy) is 1. The first-order chi connectivity index (χ1) is 12.9. The molecule has 0 aliphatic carbocycles. The Morgan fingerprint density at radius 3 is 2.21 bits per heavy atom. The lowest BCUT2D eigenvalue weighted by atomic mass is 9.84. The van der Waals surface area contributed by atoms with E-state index in [-0.39, 0.29) is 11.3 Å². The second-order valence-corrected chi connectivity index (χ2v) is 7.85. The summed E-state index contributed by atoms with van der Waals surface area (Å²) >= 11 is 0. The highest BCUT2D eigenvalue weighted by Crippen LogP contribution is 2.33. The quantitative estimate of drug-likeness (QED) is 0.549. The summed E-state index contributed by atoms with van der Waals surface area (Å²) in [6.45, 7) is 8.36. The second kappa shape index (κ2) is 7.80. The smallest absolute Gasteiger partial charge is 0.342 e. The van der Waals surface area contributed by atoms with E-state index in [0.29, 0.717) is 16.9 Å². The van der Waals surface area contributed by atoms with Crippen LogP contribution in [0.4, 0.5) is 11.4 Å². The minimum absolute atomic E-state index is 0.0227. The number of aliphatic carboxylic acids is 1. The van der Waals surface area contributed by atoms with E-state index in [9.17, 15) is 19.8 Å². The highest BCUT2D eigenvalue weighted by molar-refractivity contribution is 5.93. The van der Waals surface area contributed by atoms with Gasteiger partial charge in [0.1, 0.15) is 16.9 Å². The van der Waals surface area contributed by atoms with E-state index >= 15 is 0 Å². The Bertz CT molecular complexity index is 927. The lowest BCUT2D eigenvalue weighted by molar-refractivity contribution is -0.142. The van der Waals surface area contributed by atoms with Gasteiger partial charge >= 0.3 is 11.9 Å². The number of phenols is 1. The van der Waals surface area contributed by atoms with Crippen LogP contribution in [0.5, 0.6) is 5.75 Å². The van der Waals surface area contributed by atoms with Crippen LogP contribution in [0.3, 0.4) is 0 Å². The number of azo groups is 1. The summed E-state index contributed by atoms with van der Waals surface area (Å²) in [4.78, 5) is 23.8. The molecule has 0 fully saturated rings. The summed E-state index contributed by atoms with van der Waals surface area (Å²) in [6, 6.07) is 11.0. The van der Waals surface area contributed by atoms with Gasteiger partial charge in [0.05, 0.1) is 16.8 Å². The molecule has 0 atom stereocenters. The molecule has 0 aromatic heterocycles. The largest absolute Gasteiger partial charge is 0.507 e. The minimum atomic E-state index is -1.15. The normalized spacial score (nSPS) is 12.2. The Hall–Kier alpha value is -3.22. The molecule has 2 rings (SSSR count). The number of nitrogens with zero attached hydrogens (tertiary/aromatic N) is 2. The van der Waals surface area contributed by atoms with Gasteiger partial charge in [-0.05, 0) is 64.4 Å². The van der Waals surface area contributed by atoms with E-state index in [1.54, 1.807) is 58.9 Å². The molecule has 0 bridgehead atoms. The fraction of sp³-hybridized carbons (Fsp3) is 0.333. The standard InChI is InChI=1S/C21H24N2O5/c1-20(2,3)28-18(25)14-12-13(10-11-17(14)24)22-23-16-9-7-6-8-15(16)21(4,5)19(26)27/h6-12,24H,1-5H3,(H,26,27). The molecule has 0 aliphatic rings. The number of hydrogen-bond donors (Lipinski definition) is 2. The van der Waals surface area contributed by atoms with Crippen LogP contribution in [0.15, 0.2) is 52.7 Å². The molecule has 28 heavy (non-hydrogen) atoms. The number of carbonyl (C=O) groups is 2. The summed E-state index contributed by atoms with van der Waals surface area (Å²) in [7, 11) is 0. The predicted octanol–water partition coefficient (Wildman–Crippen LogP) is 5.13. The van der Waals surface area contributed by atoms with Gasteiger partial charge in [0.2, 0.25) is 0 Å². The average Bonchev–Trinajstić information content (AvgIpc) is 2.59. The molecule has 7 nitrogen and oxygen atoms in total. The Labute approximate surface area is 163 Å². The van der Waals surface area contributed by atoms with Crippen molar-refractivity contribution in [3.05, 3.63) is 53.6 Å². The summed E-state index contributed by atoms with van der Waals surface area (Å²) in [5.74, 6) is -1.87. The van der Waals surface area contributed by atoms with Crippen LogP contribution in [0.25, 0.3) is 0 Å². The van der Waals surface area contributed by atoms with Crippen LogP contribution >= 0.6 is 0 Å². The van der Waals surface area contributed by atoms with Crippen LogP contribution in [0, 0.1) is 0 Å². The molecule has 0 saturated heterocycles. The molecule has 0 saturated carbocycles. The van der Waals surface area contributed by atoms with Crippen molar-refractivity contribution in [2.24, 2.45) is 10.2 Å². The minimum Gasteiger partial charge on any atom is -0.507 e. The number of phenolic OH excluding ortho intramolecular Hbond substituents is 1. The molecule has 0 radical (unpaired) electrons. The Morgan fingerprint density at radius 2 is 1.61 bits per heavy atom. The van der Waals surface area contributed by atoms with E-state index in [2.05, 4.69) is 10.2 Å². The third-order valence-electron chi connectivity index (χ3n) is 3.98. The highest BCUT2D eigenvalue weighted by atomic mass is 16.6. The molecular weight excluding hydrogens is 360 g/mol. The number of rotatable bonds is 5. The van der Waals surface area contributed by atoms with Crippen molar-refractivity contribution in [3.63, 3.8) is 0 Å². The van der Waals surface area contributed by atoms with Gasteiger partial charge < -0.3 is 14.9 Å². The molecule has 0 spiro atoms. The molecule has 7 heteroatoms. The van der Waals surface area contributed by atoms with Gasteiger partial charge in [0.15, 0.2) is 0 Å². The fourth-order valence-electron chi connectivity index (χ4n) is 2.40. The van der Waals surface area contributed by atoms with Crippen molar-refractivity contribution >= 4 is 23.3 Å². The molecule has 0 aliphatic heterocycles. The number of benzene rings is 2. The van der Waals surface area contributed by atoms with Crippen LogP contribution in [0.1, 0.15) is 50.5 Å². The average molecular weight is 384 g/mol. The lowest BCUT2D eigenvalue weighted by Gasteiger charge is -2.21. The predicted molar refractivity (Wildman–Crippen MR) is 105 cm³/mol. The van der Waals surface area contributed by atoms with E-state index < -0.39 is 23.0 Å². The zero-order valence-electron chi connectivity index (χ0n) is 16.6. The maximum Gasteiger partial charge on any atom is 0.342 e. The first kappa shape index (κ1) is 21.1. The number of carbonyl (C=O) groups excluding carboxylic acids is 1. The van der Waals surface area contributed by atoms with Crippen molar-refractivity contribution in [2.75, 3.05) is 0 Å². The Balaban J connectivity index is 2.38. The van der Waals surface area contributed by atoms with Gasteiger partial charge in [0, 0.05) is 0 Å². The molecule has 2 aromatic carbocycles. The van der Waals surface area contributed by atoms with Crippen LogP contribution in [-0.2, 0) is 14.9 Å². The third kappa shape index (κ3) is 4.94. The van der Waals surface area contributed by atoms with Gasteiger partial charge in [-0.1, -0.05) is 18.2 Å². The number of carboxylic acid groups (broad SMARTS) is 1. The first-order valence-electron chi connectivity index (χ1n) is 8.73. The highest BCUT2D eigenvalue weighted by Gasteiger charge is 2.31. The van der Waals surface area contributed by atoms with Gasteiger partial charge in [0.25, 0.3) is 0 Å². The maximum atomic E-state index is 12.2. The first-order valence-corrected chi connectivity index (χ1v) is 8.73. The summed E-state index contributed by atoms with van der Waals surface area (Å²) in [5, 5.41) is 27.7. The summed E-state index contributed by atoms with van der Waals surface area (Å²) < 4.78 is 5.28. The van der Waals surface area contributed by atoms with Gasteiger partial charge in [-0.3, -0.25) is 4.79 Å². The monoisotopic (exact) mass is 384 g/mol. The van der Waals surface area contributed by atoms with Gasteiger partial charge in [-0.2, -0.15) is 10.2 Å². The topological polar surface area (TPSA) is 109 Å². The van der Waals surface area contributed by atoms with Gasteiger partial charge in [-0.25, -0.2) is 4.79 Å². The zero-order valence-corrected chi connectivity index (χ0v) is 16.6. The Morgan fingerprint density at radius 1 is 0.964 bits per heavy atom. The van der Waals surface area contributed by atoms with Crippen molar-refractivity contribution in [3.8, 4) is 5.75 Å². The third-order valence-corrected chi connectivity index (χ3v) is 3.98. The molecule has 2 aromatic rings. The molecule has 2 N–H and O–H groups in total. The number of aromatic hydroxyl groups is 1. The van der Waals surface area contributed by atoms with Crippen LogP contribution in [0.2, 0.25) is 0 Å². The molecular formula is C21H24N2O5. The molecule has 0 amide bonds. The van der Waals surface area contributed by atoms with Crippen molar-refractivity contribution in [1.82, 2.24) is 0 Å². The summed E-state index contributed by atoms with van der Waals surface area (Å²) in [5.41, 5.74) is -0.638. The number of carboxylic acids is 1. The second-order valence-electron chi connectivity index (χ2n) is 7.85. The van der Waals surface area contributed by atoms with Crippen molar-refractivity contribution in [2.45, 2.75) is 45.6 Å². The number of hydrogen-bond acceptors (Lipinski definition) is 6. The van der Waals surface area contributed by atoms with E-state index in [1.165, 1.54) is 18.2 Å². The number of esters is 1. The molecule has 148 valence electrons. The van der Waals surface area contributed by atoms with Crippen LogP contribution < -0.4 is 0 Å².